The van der Waals surface area contributed by atoms with E-state index in [1.54, 1.807) is 24.3 Å². The summed E-state index contributed by atoms with van der Waals surface area (Å²) in [5, 5.41) is 11.9. The number of aromatic nitrogens is 1. The van der Waals surface area contributed by atoms with Crippen molar-refractivity contribution in [3.05, 3.63) is 58.9 Å². The van der Waals surface area contributed by atoms with Gasteiger partial charge in [0.2, 0.25) is 0 Å². The minimum absolute atomic E-state index is 0.157. The molecule has 2 N–H and O–H groups in total. The first kappa shape index (κ1) is 13.0. The molecular formula is C13H9ClN2O3. The van der Waals surface area contributed by atoms with Crippen LogP contribution in [0, 0.1) is 0 Å². The minimum atomic E-state index is -1.21. The van der Waals surface area contributed by atoms with E-state index in [0.717, 1.165) is 0 Å². The number of carboxylic acids is 1. The summed E-state index contributed by atoms with van der Waals surface area (Å²) < 4.78 is 0. The Balaban J connectivity index is 2.31. The molecule has 1 aromatic carbocycles. The Bertz CT molecular complexity index is 643. The number of nitrogens with zero attached hydrogens (tertiary/aromatic N) is 1. The van der Waals surface area contributed by atoms with Crippen molar-refractivity contribution < 1.29 is 14.7 Å². The third kappa shape index (κ3) is 2.89. The number of para-hydroxylation sites is 1. The van der Waals surface area contributed by atoms with Gasteiger partial charge < -0.3 is 10.4 Å². The number of carbonyl (C=O) groups excluding carboxylic acids is 1. The second-order valence-corrected chi connectivity index (χ2v) is 4.05. The lowest BCUT2D eigenvalue weighted by Crippen LogP contribution is -2.18. The van der Waals surface area contributed by atoms with E-state index in [2.05, 4.69) is 10.3 Å². The van der Waals surface area contributed by atoms with Gasteiger partial charge in [0.25, 0.3) is 5.91 Å². The fourth-order valence-electron chi connectivity index (χ4n) is 1.50. The SMILES string of the molecule is O=C(O)c1cccnc1C(=O)Nc1ccccc1Cl. The Morgan fingerprint density at radius 3 is 2.58 bits per heavy atom. The van der Waals surface area contributed by atoms with Crippen LogP contribution < -0.4 is 5.32 Å². The van der Waals surface area contributed by atoms with Crippen LogP contribution in [0.15, 0.2) is 42.6 Å². The number of anilines is 1. The molecule has 1 heterocycles. The Morgan fingerprint density at radius 2 is 1.89 bits per heavy atom. The number of hydrogen-bond donors (Lipinski definition) is 2. The maximum atomic E-state index is 12.0. The third-order valence-electron chi connectivity index (χ3n) is 2.38. The normalized spacial score (nSPS) is 9.95. The van der Waals surface area contributed by atoms with E-state index in [-0.39, 0.29) is 11.3 Å². The Kier molecular flexibility index (Phi) is 3.77. The highest BCUT2D eigenvalue weighted by atomic mass is 35.5. The monoisotopic (exact) mass is 276 g/mol. The van der Waals surface area contributed by atoms with Crippen LogP contribution in [0.4, 0.5) is 5.69 Å². The van der Waals surface area contributed by atoms with Gasteiger partial charge in [-0.05, 0) is 24.3 Å². The number of nitrogens with one attached hydrogen (secondary N) is 1. The topological polar surface area (TPSA) is 79.3 Å². The van der Waals surface area contributed by atoms with Crippen molar-refractivity contribution in [1.82, 2.24) is 4.98 Å². The largest absolute Gasteiger partial charge is 0.478 e. The quantitative estimate of drug-likeness (QED) is 0.903. The molecule has 0 atom stereocenters. The molecule has 0 aliphatic carbocycles. The first-order chi connectivity index (χ1) is 9.09. The zero-order valence-electron chi connectivity index (χ0n) is 9.63. The number of halogens is 1. The van der Waals surface area contributed by atoms with Crippen molar-refractivity contribution >= 4 is 29.2 Å². The summed E-state index contributed by atoms with van der Waals surface area (Å²) >= 11 is 5.91. The lowest BCUT2D eigenvalue weighted by molar-refractivity contribution is 0.0691. The summed E-state index contributed by atoms with van der Waals surface area (Å²) in [6.45, 7) is 0. The molecule has 2 aromatic rings. The number of rotatable bonds is 3. The molecule has 0 aliphatic heterocycles. The van der Waals surface area contributed by atoms with E-state index < -0.39 is 11.9 Å². The number of carbonyl (C=O) groups is 2. The van der Waals surface area contributed by atoms with Gasteiger partial charge in [-0.15, -0.1) is 0 Å². The molecule has 0 aliphatic rings. The highest BCUT2D eigenvalue weighted by Crippen LogP contribution is 2.21. The lowest BCUT2D eigenvalue weighted by atomic mass is 10.2. The zero-order chi connectivity index (χ0) is 13.8. The van der Waals surface area contributed by atoms with Crippen molar-refractivity contribution in [3.63, 3.8) is 0 Å². The van der Waals surface area contributed by atoms with Crippen molar-refractivity contribution in [3.8, 4) is 0 Å². The van der Waals surface area contributed by atoms with E-state index in [4.69, 9.17) is 16.7 Å². The maximum Gasteiger partial charge on any atom is 0.338 e. The molecule has 0 spiro atoms. The molecule has 5 nitrogen and oxygen atoms in total. The van der Waals surface area contributed by atoms with E-state index in [0.29, 0.717) is 10.7 Å². The van der Waals surface area contributed by atoms with Gasteiger partial charge in [-0.1, -0.05) is 23.7 Å². The fraction of sp³-hybridized carbons (Fsp3) is 0. The standard InChI is InChI=1S/C13H9ClN2O3/c14-9-5-1-2-6-10(9)16-12(17)11-8(13(18)19)4-3-7-15-11/h1-7H,(H,16,17)(H,18,19). The van der Waals surface area contributed by atoms with Crippen LogP contribution in [0.1, 0.15) is 20.8 Å². The number of benzene rings is 1. The summed E-state index contributed by atoms with van der Waals surface area (Å²) in [6, 6.07) is 9.43. The Morgan fingerprint density at radius 1 is 1.16 bits per heavy atom. The van der Waals surface area contributed by atoms with Crippen LogP contribution in [0.3, 0.4) is 0 Å². The van der Waals surface area contributed by atoms with Gasteiger partial charge in [0, 0.05) is 6.20 Å². The molecule has 2 rings (SSSR count). The van der Waals surface area contributed by atoms with Crippen LogP contribution >= 0.6 is 11.6 Å². The van der Waals surface area contributed by atoms with Crippen LogP contribution in [-0.4, -0.2) is 22.0 Å². The smallest absolute Gasteiger partial charge is 0.338 e. The molecule has 1 aromatic heterocycles. The third-order valence-corrected chi connectivity index (χ3v) is 2.70. The van der Waals surface area contributed by atoms with Crippen molar-refractivity contribution in [2.75, 3.05) is 5.32 Å². The average Bonchev–Trinajstić information content (AvgIpc) is 2.41. The average molecular weight is 277 g/mol. The summed E-state index contributed by atoms with van der Waals surface area (Å²) in [6.07, 6.45) is 1.36. The van der Waals surface area contributed by atoms with Crippen molar-refractivity contribution in [2.45, 2.75) is 0 Å². The van der Waals surface area contributed by atoms with Crippen molar-refractivity contribution in [1.29, 1.82) is 0 Å². The maximum absolute atomic E-state index is 12.0. The van der Waals surface area contributed by atoms with Gasteiger partial charge in [-0.25, -0.2) is 4.79 Å². The van der Waals surface area contributed by atoms with Gasteiger partial charge in [-0.3, -0.25) is 9.78 Å². The number of carboxylic acid groups (broad SMARTS) is 1. The molecule has 19 heavy (non-hydrogen) atoms. The second kappa shape index (κ2) is 5.49. The summed E-state index contributed by atoms with van der Waals surface area (Å²) in [7, 11) is 0. The van der Waals surface area contributed by atoms with Crippen LogP contribution in [0.25, 0.3) is 0 Å². The van der Waals surface area contributed by atoms with Crippen LogP contribution in [0.2, 0.25) is 5.02 Å². The molecule has 0 unspecified atom stereocenters. The van der Waals surface area contributed by atoms with Crippen LogP contribution in [0.5, 0.6) is 0 Å². The molecule has 0 fully saturated rings. The molecule has 1 amide bonds. The predicted molar refractivity (Wildman–Crippen MR) is 70.6 cm³/mol. The first-order valence-corrected chi connectivity index (χ1v) is 5.71. The number of aromatic carboxylic acids is 1. The van der Waals surface area contributed by atoms with E-state index in [1.807, 2.05) is 0 Å². The molecule has 0 saturated heterocycles. The zero-order valence-corrected chi connectivity index (χ0v) is 10.4. The number of amides is 1. The summed E-state index contributed by atoms with van der Waals surface area (Å²) in [5.74, 6) is -1.83. The Labute approximate surface area is 113 Å². The van der Waals surface area contributed by atoms with E-state index >= 15 is 0 Å². The van der Waals surface area contributed by atoms with Crippen molar-refractivity contribution in [2.24, 2.45) is 0 Å². The molecule has 0 bridgehead atoms. The minimum Gasteiger partial charge on any atom is -0.478 e. The summed E-state index contributed by atoms with van der Waals surface area (Å²) in [5.41, 5.74) is 0.0816. The molecular weight excluding hydrogens is 268 g/mol. The molecule has 6 heteroatoms. The highest BCUT2D eigenvalue weighted by Gasteiger charge is 2.18. The molecule has 0 saturated carbocycles. The lowest BCUT2D eigenvalue weighted by Gasteiger charge is -2.07. The van der Waals surface area contributed by atoms with E-state index in [9.17, 15) is 9.59 Å². The van der Waals surface area contributed by atoms with Gasteiger partial charge in [0.05, 0.1) is 16.3 Å². The number of pyridine rings is 1. The van der Waals surface area contributed by atoms with Gasteiger partial charge >= 0.3 is 5.97 Å². The van der Waals surface area contributed by atoms with Gasteiger partial charge in [0.15, 0.2) is 0 Å². The highest BCUT2D eigenvalue weighted by molar-refractivity contribution is 6.33. The summed E-state index contributed by atoms with van der Waals surface area (Å²) in [4.78, 5) is 26.8. The Hall–Kier alpha value is -2.40. The molecule has 0 radical (unpaired) electrons. The second-order valence-electron chi connectivity index (χ2n) is 3.64. The van der Waals surface area contributed by atoms with Gasteiger partial charge in [0.1, 0.15) is 5.69 Å². The first-order valence-electron chi connectivity index (χ1n) is 5.34. The number of hydrogen-bond acceptors (Lipinski definition) is 3. The van der Waals surface area contributed by atoms with E-state index in [1.165, 1.54) is 18.3 Å². The van der Waals surface area contributed by atoms with Crippen LogP contribution in [-0.2, 0) is 0 Å². The molecule has 96 valence electrons. The van der Waals surface area contributed by atoms with Gasteiger partial charge in [-0.2, -0.15) is 0 Å². The predicted octanol–water partition coefficient (Wildman–Crippen LogP) is 2.69. The fourth-order valence-corrected chi connectivity index (χ4v) is 1.69.